The molecule has 2 N–H and O–H groups in total. The lowest BCUT2D eigenvalue weighted by Gasteiger charge is -2.13. The van der Waals surface area contributed by atoms with Gasteiger partial charge in [-0.2, -0.15) is 0 Å². The van der Waals surface area contributed by atoms with Crippen molar-refractivity contribution in [2.24, 2.45) is 0 Å². The summed E-state index contributed by atoms with van der Waals surface area (Å²) < 4.78 is 11.4. The van der Waals surface area contributed by atoms with Crippen LogP contribution in [0, 0.1) is 6.92 Å². The molecule has 36 heavy (non-hydrogen) atoms. The summed E-state index contributed by atoms with van der Waals surface area (Å²) >= 11 is 18.9. The summed E-state index contributed by atoms with van der Waals surface area (Å²) in [6.45, 7) is 2.13. The van der Waals surface area contributed by atoms with Gasteiger partial charge in [-0.25, -0.2) is 0 Å². The van der Waals surface area contributed by atoms with Gasteiger partial charge in [0.15, 0.2) is 12.4 Å². The average Bonchev–Trinajstić information content (AvgIpc) is 2.86. The van der Waals surface area contributed by atoms with E-state index >= 15 is 0 Å². The number of carbonyl (C=O) groups excluding carboxylic acids is 1. The molecule has 1 amide bonds. The van der Waals surface area contributed by atoms with E-state index < -0.39 is 0 Å². The molecule has 0 bridgehead atoms. The molecule has 0 spiro atoms. The molecule has 0 atom stereocenters. The first kappa shape index (κ1) is 25.7. The topological polar surface area (TPSA) is 59.6 Å². The fourth-order valence-electron chi connectivity index (χ4n) is 3.33. The molecule has 4 aromatic carbocycles. The van der Waals surface area contributed by atoms with Crippen LogP contribution in [0.3, 0.4) is 0 Å². The van der Waals surface area contributed by atoms with Crippen LogP contribution in [0.15, 0.2) is 84.9 Å². The van der Waals surface area contributed by atoms with Gasteiger partial charge in [0.05, 0.1) is 10.0 Å². The number of halogens is 3. The number of anilines is 2. The molecule has 0 aromatic heterocycles. The van der Waals surface area contributed by atoms with Crippen LogP contribution in [-0.2, 0) is 11.3 Å². The number of benzene rings is 4. The van der Waals surface area contributed by atoms with Crippen LogP contribution in [0.2, 0.25) is 15.1 Å². The van der Waals surface area contributed by atoms with E-state index in [1.54, 1.807) is 24.3 Å². The molecule has 5 nitrogen and oxygen atoms in total. The van der Waals surface area contributed by atoms with Crippen LogP contribution in [0.1, 0.15) is 11.1 Å². The number of para-hydroxylation sites is 1. The molecule has 0 saturated carbocycles. The number of ether oxygens (including phenoxy) is 2. The van der Waals surface area contributed by atoms with Gasteiger partial charge in [0.2, 0.25) is 0 Å². The van der Waals surface area contributed by atoms with Gasteiger partial charge < -0.3 is 20.1 Å². The van der Waals surface area contributed by atoms with Crippen molar-refractivity contribution in [3.63, 3.8) is 0 Å². The lowest BCUT2D eigenvalue weighted by molar-refractivity contribution is -0.118. The van der Waals surface area contributed by atoms with Gasteiger partial charge in [0, 0.05) is 22.9 Å². The monoisotopic (exact) mass is 540 g/mol. The van der Waals surface area contributed by atoms with Gasteiger partial charge in [0.25, 0.3) is 5.91 Å². The van der Waals surface area contributed by atoms with E-state index in [0.29, 0.717) is 27.3 Å². The van der Waals surface area contributed by atoms with E-state index in [-0.39, 0.29) is 18.3 Å². The van der Waals surface area contributed by atoms with Gasteiger partial charge in [-0.15, -0.1) is 0 Å². The zero-order valence-electron chi connectivity index (χ0n) is 19.4. The average molecular weight is 542 g/mol. The van der Waals surface area contributed by atoms with Crippen LogP contribution in [0.4, 0.5) is 11.4 Å². The number of carbonyl (C=O) groups is 1. The highest BCUT2D eigenvalue weighted by molar-refractivity contribution is 6.37. The number of aryl methyl sites for hydroxylation is 1. The quantitative estimate of drug-likeness (QED) is 0.223. The third-order valence-electron chi connectivity index (χ3n) is 5.19. The fraction of sp³-hybridized carbons (Fsp3) is 0.107. The number of hydrogen-bond acceptors (Lipinski definition) is 4. The number of hydrogen-bond donors (Lipinski definition) is 2. The van der Waals surface area contributed by atoms with Crippen LogP contribution in [0.5, 0.6) is 17.2 Å². The summed E-state index contributed by atoms with van der Waals surface area (Å²) in [5.41, 5.74) is 3.28. The van der Waals surface area contributed by atoms with Crippen LogP contribution in [0.25, 0.3) is 0 Å². The Morgan fingerprint density at radius 2 is 1.42 bits per heavy atom. The summed E-state index contributed by atoms with van der Waals surface area (Å²) in [7, 11) is 0. The maximum Gasteiger partial charge on any atom is 0.262 e. The molecule has 0 radical (unpaired) electrons. The van der Waals surface area contributed by atoms with Crippen molar-refractivity contribution in [2.75, 3.05) is 17.2 Å². The highest BCUT2D eigenvalue weighted by Gasteiger charge is 2.13. The maximum absolute atomic E-state index is 12.3. The molecule has 4 rings (SSSR count). The van der Waals surface area contributed by atoms with E-state index in [1.807, 2.05) is 67.6 Å². The predicted octanol–water partition coefficient (Wildman–Crippen LogP) is 8.38. The summed E-state index contributed by atoms with van der Waals surface area (Å²) in [4.78, 5) is 12.3. The van der Waals surface area contributed by atoms with E-state index in [0.717, 1.165) is 28.3 Å². The Morgan fingerprint density at radius 3 is 2.08 bits per heavy atom. The fourth-order valence-corrected chi connectivity index (χ4v) is 4.15. The molecule has 0 fully saturated rings. The molecule has 0 heterocycles. The van der Waals surface area contributed by atoms with Crippen LogP contribution >= 0.6 is 34.8 Å². The van der Waals surface area contributed by atoms with Gasteiger partial charge in [-0.3, -0.25) is 4.79 Å². The Balaban J connectivity index is 1.30. The zero-order chi connectivity index (χ0) is 25.5. The molecule has 0 unspecified atom stereocenters. The van der Waals surface area contributed by atoms with Crippen molar-refractivity contribution in [3.8, 4) is 17.2 Å². The van der Waals surface area contributed by atoms with Crippen LogP contribution in [-0.4, -0.2) is 12.5 Å². The number of nitrogens with one attached hydrogen (secondary N) is 2. The molecule has 8 heteroatoms. The minimum atomic E-state index is -0.354. The Labute approximate surface area is 224 Å². The second-order valence-corrected chi connectivity index (χ2v) is 9.20. The smallest absolute Gasteiger partial charge is 0.262 e. The van der Waals surface area contributed by atoms with Crippen molar-refractivity contribution in [1.82, 2.24) is 0 Å². The highest BCUT2D eigenvalue weighted by Crippen LogP contribution is 2.34. The molecule has 0 aliphatic heterocycles. The van der Waals surface area contributed by atoms with E-state index in [9.17, 15) is 4.79 Å². The van der Waals surface area contributed by atoms with Gasteiger partial charge in [0.1, 0.15) is 11.5 Å². The van der Waals surface area contributed by atoms with Crippen molar-refractivity contribution < 1.29 is 14.3 Å². The number of amides is 1. The third kappa shape index (κ3) is 7.08. The van der Waals surface area contributed by atoms with Crippen molar-refractivity contribution in [2.45, 2.75) is 13.5 Å². The first-order chi connectivity index (χ1) is 17.4. The zero-order valence-corrected chi connectivity index (χ0v) is 21.6. The minimum Gasteiger partial charge on any atom is -0.481 e. The highest BCUT2D eigenvalue weighted by atomic mass is 35.5. The maximum atomic E-state index is 12.3. The SMILES string of the molecule is Cc1ccc(NC(=O)COc2c(Cl)cc(CNc3ccc(Oc4ccccc4)cc3)cc2Cl)cc1Cl. The summed E-state index contributed by atoms with van der Waals surface area (Å²) in [5, 5.41) is 7.26. The number of rotatable bonds is 9. The Bertz CT molecular complexity index is 1320. The van der Waals surface area contributed by atoms with Gasteiger partial charge >= 0.3 is 0 Å². The van der Waals surface area contributed by atoms with E-state index in [4.69, 9.17) is 44.3 Å². The predicted molar refractivity (Wildman–Crippen MR) is 147 cm³/mol. The lowest BCUT2D eigenvalue weighted by atomic mass is 10.2. The molecule has 0 saturated heterocycles. The Morgan fingerprint density at radius 1 is 0.778 bits per heavy atom. The van der Waals surface area contributed by atoms with E-state index in [1.165, 1.54) is 0 Å². The summed E-state index contributed by atoms with van der Waals surface area (Å²) in [6, 6.07) is 26.0. The largest absolute Gasteiger partial charge is 0.481 e. The first-order valence-electron chi connectivity index (χ1n) is 11.1. The van der Waals surface area contributed by atoms with Crippen LogP contribution < -0.4 is 20.1 Å². The molecular weight excluding hydrogens is 519 g/mol. The lowest BCUT2D eigenvalue weighted by Crippen LogP contribution is -2.20. The summed E-state index contributed by atoms with van der Waals surface area (Å²) in [5.74, 6) is 1.42. The van der Waals surface area contributed by atoms with E-state index in [2.05, 4.69) is 10.6 Å². The van der Waals surface area contributed by atoms with Gasteiger partial charge in [-0.05, 0) is 78.7 Å². The van der Waals surface area contributed by atoms with Crippen molar-refractivity contribution >= 4 is 52.1 Å². The minimum absolute atomic E-state index is 0.250. The second kappa shape index (κ2) is 12.0. The standard InChI is InChI=1S/C28H23Cl3N2O3/c1-18-7-8-21(15-24(18)29)33-27(34)17-35-28-25(30)13-19(14-26(28)31)16-32-20-9-11-23(12-10-20)36-22-5-3-2-4-6-22/h2-15,32H,16-17H2,1H3,(H,33,34). The van der Waals surface area contributed by atoms with Crippen molar-refractivity contribution in [3.05, 3.63) is 111 Å². The second-order valence-electron chi connectivity index (χ2n) is 7.98. The molecule has 0 aliphatic rings. The van der Waals surface area contributed by atoms with Crippen molar-refractivity contribution in [1.29, 1.82) is 0 Å². The molecule has 0 aliphatic carbocycles. The molecule has 4 aromatic rings. The normalized spacial score (nSPS) is 10.6. The van der Waals surface area contributed by atoms with Gasteiger partial charge in [-0.1, -0.05) is 59.1 Å². The Kier molecular flexibility index (Phi) is 8.60. The molecular formula is C28H23Cl3N2O3. The third-order valence-corrected chi connectivity index (χ3v) is 6.16. The first-order valence-corrected chi connectivity index (χ1v) is 12.2. The summed E-state index contributed by atoms with van der Waals surface area (Å²) in [6.07, 6.45) is 0. The Hall–Kier alpha value is -3.38. The molecule has 184 valence electrons.